The number of ether oxygens (including phenoxy) is 1. The zero-order valence-corrected chi connectivity index (χ0v) is 6.94. The van der Waals surface area contributed by atoms with Crippen molar-refractivity contribution in [3.8, 4) is 6.07 Å². The van der Waals surface area contributed by atoms with Crippen LogP contribution in [-0.2, 0) is 4.74 Å². The summed E-state index contributed by atoms with van der Waals surface area (Å²) in [4.78, 5) is 0. The topological polar surface area (TPSA) is 53.2 Å². The first-order valence-corrected chi connectivity index (χ1v) is 4.50. The molecule has 2 fully saturated rings. The van der Waals surface area contributed by atoms with Crippen molar-refractivity contribution >= 4 is 0 Å². The van der Waals surface area contributed by atoms with E-state index in [0.717, 1.165) is 12.8 Å². The molecular formula is C9H13NO2. The highest BCUT2D eigenvalue weighted by Crippen LogP contribution is 2.44. The average molecular weight is 167 g/mol. The Hall–Kier alpha value is -0.590. The number of fused-ring (bicyclic) bond motifs is 2. The predicted molar refractivity (Wildman–Crippen MR) is 42.2 cm³/mol. The molecule has 0 unspecified atom stereocenters. The van der Waals surface area contributed by atoms with Gasteiger partial charge in [0.05, 0.1) is 18.3 Å². The minimum absolute atomic E-state index is 0.174. The molecule has 2 rings (SSSR count). The lowest BCUT2D eigenvalue weighted by Crippen LogP contribution is -2.29. The van der Waals surface area contributed by atoms with E-state index in [9.17, 15) is 0 Å². The molecule has 2 aliphatic rings. The fraction of sp³-hybridized carbons (Fsp3) is 0.889. The maximum Gasteiger partial charge on any atom is 0.0634 e. The summed E-state index contributed by atoms with van der Waals surface area (Å²) >= 11 is 0. The number of hydrogen-bond donors (Lipinski definition) is 1. The van der Waals surface area contributed by atoms with Gasteiger partial charge in [0.2, 0.25) is 0 Å². The van der Waals surface area contributed by atoms with Crippen LogP contribution in [0.4, 0.5) is 0 Å². The summed E-state index contributed by atoms with van der Waals surface area (Å²) in [7, 11) is 0. The highest BCUT2D eigenvalue weighted by molar-refractivity contribution is 4.98. The van der Waals surface area contributed by atoms with E-state index in [1.165, 1.54) is 0 Å². The van der Waals surface area contributed by atoms with Gasteiger partial charge in [0.1, 0.15) is 0 Å². The van der Waals surface area contributed by atoms with E-state index in [1.807, 2.05) is 0 Å². The van der Waals surface area contributed by atoms with Crippen molar-refractivity contribution in [2.45, 2.75) is 31.5 Å². The average Bonchev–Trinajstić information content (AvgIpc) is 2.64. The van der Waals surface area contributed by atoms with Crippen molar-refractivity contribution in [1.29, 1.82) is 5.26 Å². The second-order valence-electron chi connectivity index (χ2n) is 3.66. The highest BCUT2D eigenvalue weighted by Gasteiger charge is 2.48. The van der Waals surface area contributed by atoms with Crippen molar-refractivity contribution in [2.75, 3.05) is 6.61 Å². The third-order valence-electron chi connectivity index (χ3n) is 3.13. The Labute approximate surface area is 71.9 Å². The molecule has 2 aliphatic heterocycles. The molecule has 0 radical (unpaired) electrons. The lowest BCUT2D eigenvalue weighted by Gasteiger charge is -2.23. The molecule has 0 aromatic carbocycles. The second-order valence-corrected chi connectivity index (χ2v) is 3.66. The minimum Gasteiger partial charge on any atom is -0.396 e. The summed E-state index contributed by atoms with van der Waals surface area (Å²) in [6, 6.07) is 2.17. The zero-order chi connectivity index (χ0) is 8.55. The van der Waals surface area contributed by atoms with Crippen LogP contribution < -0.4 is 0 Å². The Morgan fingerprint density at radius 1 is 1.33 bits per heavy atom. The van der Waals surface area contributed by atoms with Gasteiger partial charge in [0, 0.05) is 24.9 Å². The quantitative estimate of drug-likeness (QED) is 0.658. The molecule has 0 amide bonds. The summed E-state index contributed by atoms with van der Waals surface area (Å²) in [5, 5.41) is 17.7. The lowest BCUT2D eigenvalue weighted by molar-refractivity contribution is 0.0787. The summed E-state index contributed by atoms with van der Waals surface area (Å²) < 4.78 is 5.63. The van der Waals surface area contributed by atoms with Crippen molar-refractivity contribution in [1.82, 2.24) is 0 Å². The molecule has 12 heavy (non-hydrogen) atoms. The first kappa shape index (κ1) is 8.03. The van der Waals surface area contributed by atoms with Crippen LogP contribution in [-0.4, -0.2) is 23.9 Å². The molecule has 0 aliphatic carbocycles. The van der Waals surface area contributed by atoms with Crippen LogP contribution in [0.15, 0.2) is 0 Å². The minimum atomic E-state index is 0.174. The third kappa shape index (κ3) is 1.03. The van der Waals surface area contributed by atoms with Crippen LogP contribution in [0.3, 0.4) is 0 Å². The van der Waals surface area contributed by atoms with Crippen LogP contribution >= 0.6 is 0 Å². The second kappa shape index (κ2) is 3.04. The van der Waals surface area contributed by atoms with E-state index in [1.54, 1.807) is 0 Å². The van der Waals surface area contributed by atoms with E-state index in [0.29, 0.717) is 12.3 Å². The largest absolute Gasteiger partial charge is 0.396 e. The number of aliphatic hydroxyl groups excluding tert-OH is 1. The number of hydrogen-bond acceptors (Lipinski definition) is 3. The zero-order valence-electron chi connectivity index (χ0n) is 6.94. The van der Waals surface area contributed by atoms with E-state index in [4.69, 9.17) is 15.1 Å². The molecule has 2 saturated heterocycles. The van der Waals surface area contributed by atoms with Crippen molar-refractivity contribution in [2.24, 2.45) is 11.8 Å². The normalized spacial score (nSPS) is 44.7. The first-order chi connectivity index (χ1) is 5.86. The van der Waals surface area contributed by atoms with Crippen LogP contribution in [0.1, 0.15) is 19.3 Å². The predicted octanol–water partition coefficient (Wildman–Crippen LogP) is 0.686. The summed E-state index contributed by atoms with van der Waals surface area (Å²) in [5.41, 5.74) is 0. The number of nitriles is 1. The van der Waals surface area contributed by atoms with E-state index in [-0.39, 0.29) is 24.7 Å². The monoisotopic (exact) mass is 167 g/mol. The molecule has 2 heterocycles. The summed E-state index contributed by atoms with van der Waals surface area (Å²) in [6.07, 6.45) is 3.17. The number of rotatable bonds is 2. The highest BCUT2D eigenvalue weighted by atomic mass is 16.5. The van der Waals surface area contributed by atoms with E-state index < -0.39 is 0 Å². The van der Waals surface area contributed by atoms with Gasteiger partial charge < -0.3 is 9.84 Å². The first-order valence-electron chi connectivity index (χ1n) is 4.50. The van der Waals surface area contributed by atoms with Gasteiger partial charge in [0.15, 0.2) is 0 Å². The number of aliphatic hydroxyl groups is 1. The van der Waals surface area contributed by atoms with Gasteiger partial charge in [-0.25, -0.2) is 0 Å². The third-order valence-corrected chi connectivity index (χ3v) is 3.13. The molecule has 3 heteroatoms. The fourth-order valence-corrected chi connectivity index (χ4v) is 2.51. The van der Waals surface area contributed by atoms with Crippen LogP contribution in [0.5, 0.6) is 0 Å². The molecule has 3 nitrogen and oxygen atoms in total. The molecule has 2 bridgehead atoms. The van der Waals surface area contributed by atoms with E-state index >= 15 is 0 Å². The van der Waals surface area contributed by atoms with E-state index in [2.05, 4.69) is 6.07 Å². The van der Waals surface area contributed by atoms with Crippen molar-refractivity contribution < 1.29 is 9.84 Å². The van der Waals surface area contributed by atoms with Crippen molar-refractivity contribution in [3.05, 3.63) is 0 Å². The Bertz CT molecular complexity index is 211. The maximum absolute atomic E-state index is 9.10. The Kier molecular flexibility index (Phi) is 2.03. The Morgan fingerprint density at radius 2 is 2.00 bits per heavy atom. The van der Waals surface area contributed by atoms with Gasteiger partial charge in [-0.1, -0.05) is 0 Å². The van der Waals surface area contributed by atoms with Gasteiger partial charge in [-0.05, 0) is 12.8 Å². The van der Waals surface area contributed by atoms with Gasteiger partial charge in [-0.15, -0.1) is 0 Å². The lowest BCUT2D eigenvalue weighted by atomic mass is 9.78. The molecule has 66 valence electrons. The molecule has 0 aromatic heterocycles. The Balaban J connectivity index is 2.07. The van der Waals surface area contributed by atoms with Gasteiger partial charge in [-0.2, -0.15) is 5.26 Å². The van der Waals surface area contributed by atoms with Gasteiger partial charge in [-0.3, -0.25) is 0 Å². The maximum atomic E-state index is 9.10. The fourth-order valence-electron chi connectivity index (χ4n) is 2.51. The molecule has 4 atom stereocenters. The molecular weight excluding hydrogens is 154 g/mol. The molecule has 0 aromatic rings. The Morgan fingerprint density at radius 3 is 2.58 bits per heavy atom. The standard InChI is InChI=1S/C9H13NO2/c10-4-3-6-7(5-11)9-2-1-8(6)12-9/h6-9,11H,1-3,5H2/t6-,7-,8+,9-/m0/s1. The molecule has 0 spiro atoms. The molecule has 0 saturated carbocycles. The summed E-state index contributed by atoms with van der Waals surface area (Å²) in [5.74, 6) is 0.516. The van der Waals surface area contributed by atoms with Gasteiger partial charge >= 0.3 is 0 Å². The van der Waals surface area contributed by atoms with Gasteiger partial charge in [0.25, 0.3) is 0 Å². The summed E-state index contributed by atoms with van der Waals surface area (Å²) in [6.45, 7) is 0.174. The SMILES string of the molecule is N#CC[C@H]1[C@H](CO)[C@@H]2CC[C@H]1O2. The smallest absolute Gasteiger partial charge is 0.0634 e. The molecule has 1 N–H and O–H groups in total. The number of nitrogens with zero attached hydrogens (tertiary/aromatic N) is 1. The van der Waals surface area contributed by atoms with Crippen molar-refractivity contribution in [3.63, 3.8) is 0 Å². The van der Waals surface area contributed by atoms with Crippen LogP contribution in [0.25, 0.3) is 0 Å². The van der Waals surface area contributed by atoms with Crippen LogP contribution in [0.2, 0.25) is 0 Å². The van der Waals surface area contributed by atoms with Crippen LogP contribution in [0, 0.1) is 23.2 Å².